The van der Waals surface area contributed by atoms with Gasteiger partial charge in [-0.3, -0.25) is 9.69 Å². The molecule has 2 heterocycles. The predicted molar refractivity (Wildman–Crippen MR) is 126 cm³/mol. The van der Waals surface area contributed by atoms with Crippen molar-refractivity contribution in [3.05, 3.63) is 70.8 Å². The van der Waals surface area contributed by atoms with Crippen LogP contribution in [-0.2, 0) is 6.54 Å². The second-order valence-corrected chi connectivity index (χ2v) is 10.9. The molecule has 2 fully saturated rings. The minimum atomic E-state index is 0.171. The summed E-state index contributed by atoms with van der Waals surface area (Å²) in [5.74, 6) is 3.19. The van der Waals surface area contributed by atoms with E-state index < -0.39 is 0 Å². The maximum Gasteiger partial charge on any atom is 0.253 e. The van der Waals surface area contributed by atoms with Gasteiger partial charge in [-0.05, 0) is 34.7 Å². The van der Waals surface area contributed by atoms with Gasteiger partial charge in [0, 0.05) is 49.8 Å². The molecule has 0 unspecified atom stereocenters. The van der Waals surface area contributed by atoms with Crippen molar-refractivity contribution in [1.29, 1.82) is 0 Å². The highest BCUT2D eigenvalue weighted by atomic mass is 32.2. The molecular weight excluding hydrogens is 396 g/mol. The van der Waals surface area contributed by atoms with Gasteiger partial charge in [-0.1, -0.05) is 50.2 Å². The van der Waals surface area contributed by atoms with E-state index in [4.69, 9.17) is 0 Å². The lowest BCUT2D eigenvalue weighted by Crippen LogP contribution is -2.48. The number of amides is 1. The summed E-state index contributed by atoms with van der Waals surface area (Å²) in [6.07, 6.45) is 0. The van der Waals surface area contributed by atoms with Gasteiger partial charge in [0.1, 0.15) is 0 Å². The smallest absolute Gasteiger partial charge is 0.253 e. The molecule has 2 aromatic rings. The first-order valence-electron chi connectivity index (χ1n) is 10.5. The molecule has 5 heteroatoms. The average Bonchev–Trinajstić information content (AvgIpc) is 3.29. The van der Waals surface area contributed by atoms with E-state index in [-0.39, 0.29) is 5.91 Å². The predicted octanol–water partition coefficient (Wildman–Crippen LogP) is 5.25. The Balaban J connectivity index is 1.29. The molecule has 0 bridgehead atoms. The summed E-state index contributed by atoms with van der Waals surface area (Å²) in [6.45, 7) is 8.90. The first-order valence-corrected chi connectivity index (χ1v) is 12.6. The first-order chi connectivity index (χ1) is 14.1. The number of rotatable bonds is 5. The zero-order valence-corrected chi connectivity index (χ0v) is 19.0. The fraction of sp³-hybridized carbons (Fsp3) is 0.458. The van der Waals surface area contributed by atoms with Crippen LogP contribution >= 0.6 is 23.5 Å². The topological polar surface area (TPSA) is 23.6 Å². The number of benzene rings is 2. The molecule has 0 saturated carbocycles. The van der Waals surface area contributed by atoms with Gasteiger partial charge in [-0.15, -0.1) is 23.5 Å². The summed E-state index contributed by atoms with van der Waals surface area (Å²) in [7, 11) is 0. The quantitative estimate of drug-likeness (QED) is 0.652. The summed E-state index contributed by atoms with van der Waals surface area (Å²) in [5, 5.41) is 0. The number of thioether (sulfide) groups is 2. The number of hydrogen-bond donors (Lipinski definition) is 0. The molecule has 3 nitrogen and oxygen atoms in total. The molecule has 0 spiro atoms. The van der Waals surface area contributed by atoms with Gasteiger partial charge in [0.25, 0.3) is 5.91 Å². The van der Waals surface area contributed by atoms with Crippen LogP contribution in [0.3, 0.4) is 0 Å². The van der Waals surface area contributed by atoms with Crippen molar-refractivity contribution in [2.24, 2.45) is 0 Å². The van der Waals surface area contributed by atoms with E-state index in [2.05, 4.69) is 55.1 Å². The van der Waals surface area contributed by atoms with E-state index in [9.17, 15) is 4.79 Å². The summed E-state index contributed by atoms with van der Waals surface area (Å²) < 4.78 is 0.539. The Morgan fingerprint density at radius 3 is 2.14 bits per heavy atom. The first kappa shape index (κ1) is 20.8. The van der Waals surface area contributed by atoms with Crippen LogP contribution in [0.2, 0.25) is 0 Å². The van der Waals surface area contributed by atoms with Crippen LogP contribution in [0.25, 0.3) is 0 Å². The highest BCUT2D eigenvalue weighted by Crippen LogP contribution is 2.45. The number of hydrogen-bond acceptors (Lipinski definition) is 4. The van der Waals surface area contributed by atoms with E-state index in [1.165, 1.54) is 28.2 Å². The van der Waals surface area contributed by atoms with Crippen LogP contribution in [0, 0.1) is 0 Å². The molecular formula is C24H30N2OS2. The molecule has 154 valence electrons. The van der Waals surface area contributed by atoms with Crippen molar-refractivity contribution in [3.63, 3.8) is 0 Å². The number of piperazine rings is 1. The van der Waals surface area contributed by atoms with Crippen LogP contribution in [0.4, 0.5) is 0 Å². The fourth-order valence-corrected chi connectivity index (χ4v) is 6.75. The van der Waals surface area contributed by atoms with Gasteiger partial charge in [0.05, 0.1) is 4.58 Å². The Kier molecular flexibility index (Phi) is 6.88. The molecule has 0 aliphatic carbocycles. The zero-order valence-electron chi connectivity index (χ0n) is 17.3. The third-order valence-electron chi connectivity index (χ3n) is 5.76. The third kappa shape index (κ3) is 5.19. The number of nitrogens with zero attached hydrogens (tertiary/aromatic N) is 2. The lowest BCUT2D eigenvalue weighted by molar-refractivity contribution is 0.0628. The van der Waals surface area contributed by atoms with Crippen molar-refractivity contribution in [1.82, 2.24) is 9.80 Å². The third-order valence-corrected chi connectivity index (χ3v) is 8.87. The molecule has 2 aliphatic rings. The van der Waals surface area contributed by atoms with Gasteiger partial charge in [-0.2, -0.15) is 0 Å². The molecule has 0 N–H and O–H groups in total. The molecule has 0 aromatic heterocycles. The normalized spacial score (nSPS) is 18.5. The SMILES string of the molecule is CC(C)c1ccc(CN2CCN(C(=O)c3ccc(C4SCCS4)cc3)CC2)cc1. The Labute approximate surface area is 183 Å². The van der Waals surface area contributed by atoms with E-state index in [0.29, 0.717) is 10.5 Å². The van der Waals surface area contributed by atoms with Crippen molar-refractivity contribution >= 4 is 29.4 Å². The Morgan fingerprint density at radius 2 is 1.55 bits per heavy atom. The Morgan fingerprint density at radius 1 is 0.931 bits per heavy atom. The van der Waals surface area contributed by atoms with Gasteiger partial charge in [-0.25, -0.2) is 0 Å². The van der Waals surface area contributed by atoms with Crippen LogP contribution in [-0.4, -0.2) is 53.4 Å². The monoisotopic (exact) mass is 426 g/mol. The molecule has 0 radical (unpaired) electrons. The molecule has 2 aliphatic heterocycles. The largest absolute Gasteiger partial charge is 0.336 e. The van der Waals surface area contributed by atoms with E-state index in [1.807, 2.05) is 40.6 Å². The van der Waals surface area contributed by atoms with Crippen molar-refractivity contribution in [2.75, 3.05) is 37.7 Å². The van der Waals surface area contributed by atoms with Gasteiger partial charge in [0.15, 0.2) is 0 Å². The highest BCUT2D eigenvalue weighted by molar-refractivity contribution is 8.19. The molecule has 1 amide bonds. The van der Waals surface area contributed by atoms with E-state index >= 15 is 0 Å². The van der Waals surface area contributed by atoms with Gasteiger partial charge >= 0.3 is 0 Å². The Hall–Kier alpha value is -1.43. The van der Waals surface area contributed by atoms with Crippen molar-refractivity contribution in [2.45, 2.75) is 30.9 Å². The maximum atomic E-state index is 12.9. The second-order valence-electron chi connectivity index (χ2n) is 8.16. The average molecular weight is 427 g/mol. The minimum absolute atomic E-state index is 0.171. The van der Waals surface area contributed by atoms with Crippen molar-refractivity contribution < 1.29 is 4.79 Å². The molecule has 0 atom stereocenters. The standard InChI is InChI=1S/C24H30N2OS2/c1-18(2)20-5-3-19(4-6-20)17-25-11-13-26(14-12-25)23(27)21-7-9-22(10-8-21)24-28-15-16-29-24/h3-10,18,24H,11-17H2,1-2H3. The van der Waals surface area contributed by atoms with Gasteiger partial charge in [0.2, 0.25) is 0 Å². The molecule has 4 rings (SSSR count). The molecule has 29 heavy (non-hydrogen) atoms. The minimum Gasteiger partial charge on any atom is -0.336 e. The van der Waals surface area contributed by atoms with Crippen LogP contribution in [0.1, 0.15) is 51.4 Å². The lowest BCUT2D eigenvalue weighted by Gasteiger charge is -2.35. The van der Waals surface area contributed by atoms with E-state index in [0.717, 1.165) is 38.3 Å². The lowest BCUT2D eigenvalue weighted by atomic mass is 10.0. The van der Waals surface area contributed by atoms with Crippen LogP contribution in [0.15, 0.2) is 48.5 Å². The Bertz CT molecular complexity index is 806. The second kappa shape index (κ2) is 9.59. The number of carbonyl (C=O) groups is 1. The number of carbonyl (C=O) groups excluding carboxylic acids is 1. The summed E-state index contributed by atoms with van der Waals surface area (Å²) in [5.41, 5.74) is 4.90. The zero-order chi connectivity index (χ0) is 20.2. The molecule has 2 aromatic carbocycles. The van der Waals surface area contributed by atoms with Crippen LogP contribution < -0.4 is 0 Å². The highest BCUT2D eigenvalue weighted by Gasteiger charge is 2.23. The van der Waals surface area contributed by atoms with Crippen LogP contribution in [0.5, 0.6) is 0 Å². The molecule has 2 saturated heterocycles. The van der Waals surface area contributed by atoms with Crippen molar-refractivity contribution in [3.8, 4) is 0 Å². The van der Waals surface area contributed by atoms with Gasteiger partial charge < -0.3 is 4.90 Å². The maximum absolute atomic E-state index is 12.9. The fourth-order valence-electron chi connectivity index (χ4n) is 3.89. The summed E-state index contributed by atoms with van der Waals surface area (Å²) in [6, 6.07) is 17.3. The summed E-state index contributed by atoms with van der Waals surface area (Å²) >= 11 is 4.01. The van der Waals surface area contributed by atoms with E-state index in [1.54, 1.807) is 0 Å². The summed E-state index contributed by atoms with van der Waals surface area (Å²) in [4.78, 5) is 17.4.